The lowest BCUT2D eigenvalue weighted by Gasteiger charge is -2.25. The van der Waals surface area contributed by atoms with Gasteiger partial charge in [-0.25, -0.2) is 0 Å². The molecule has 2 aromatic carbocycles. The van der Waals surface area contributed by atoms with Crippen molar-refractivity contribution in [2.45, 2.75) is 25.9 Å². The predicted molar refractivity (Wildman–Crippen MR) is 88.3 cm³/mol. The molecule has 1 unspecified atom stereocenters. The standard InChI is InChI=1S/C19H24N2/c1-16-7-5-8-17(13-16)14-21-12-6-11-20-19(15-21)18-9-3-2-4-10-18/h2-5,7-10,13,19-20H,6,11-12,14-15H2,1H3. The summed E-state index contributed by atoms with van der Waals surface area (Å²) in [5, 5.41) is 3.68. The average Bonchev–Trinajstić information content (AvgIpc) is 2.74. The van der Waals surface area contributed by atoms with Gasteiger partial charge in [0.15, 0.2) is 0 Å². The van der Waals surface area contributed by atoms with Gasteiger partial charge >= 0.3 is 0 Å². The van der Waals surface area contributed by atoms with E-state index in [2.05, 4.69) is 71.7 Å². The lowest BCUT2D eigenvalue weighted by molar-refractivity contribution is 0.261. The maximum atomic E-state index is 3.68. The minimum Gasteiger partial charge on any atom is -0.309 e. The third-order valence-electron chi connectivity index (χ3n) is 4.17. The molecule has 0 radical (unpaired) electrons. The summed E-state index contributed by atoms with van der Waals surface area (Å²) in [5.41, 5.74) is 4.16. The zero-order valence-electron chi connectivity index (χ0n) is 12.8. The number of hydrogen-bond acceptors (Lipinski definition) is 2. The van der Waals surface area contributed by atoms with Gasteiger partial charge in [0.05, 0.1) is 0 Å². The number of nitrogens with one attached hydrogen (secondary N) is 1. The molecule has 0 aromatic heterocycles. The number of rotatable bonds is 3. The highest BCUT2D eigenvalue weighted by Crippen LogP contribution is 2.18. The Hall–Kier alpha value is -1.64. The first-order valence-corrected chi connectivity index (χ1v) is 7.87. The van der Waals surface area contributed by atoms with Crippen molar-refractivity contribution >= 4 is 0 Å². The van der Waals surface area contributed by atoms with Crippen LogP contribution in [0.2, 0.25) is 0 Å². The number of aryl methyl sites for hydroxylation is 1. The molecule has 2 aromatic rings. The molecule has 1 N–H and O–H groups in total. The maximum Gasteiger partial charge on any atom is 0.0449 e. The molecule has 0 aliphatic carbocycles. The molecule has 1 aliphatic heterocycles. The largest absolute Gasteiger partial charge is 0.309 e. The first-order chi connectivity index (χ1) is 10.3. The summed E-state index contributed by atoms with van der Waals surface area (Å²) >= 11 is 0. The van der Waals surface area contributed by atoms with Crippen LogP contribution in [0.3, 0.4) is 0 Å². The quantitative estimate of drug-likeness (QED) is 0.925. The predicted octanol–water partition coefficient (Wildman–Crippen LogP) is 3.53. The lowest BCUT2D eigenvalue weighted by Crippen LogP contribution is -2.31. The van der Waals surface area contributed by atoms with E-state index in [1.165, 1.54) is 29.7 Å². The molecule has 1 heterocycles. The van der Waals surface area contributed by atoms with Crippen LogP contribution >= 0.6 is 0 Å². The summed E-state index contributed by atoms with van der Waals surface area (Å²) in [6.45, 7) is 6.57. The van der Waals surface area contributed by atoms with Gasteiger partial charge in [0.1, 0.15) is 0 Å². The molecule has 110 valence electrons. The van der Waals surface area contributed by atoms with E-state index in [-0.39, 0.29) is 0 Å². The zero-order chi connectivity index (χ0) is 14.5. The molecule has 0 spiro atoms. The summed E-state index contributed by atoms with van der Waals surface area (Å²) in [5.74, 6) is 0. The van der Waals surface area contributed by atoms with Gasteiger partial charge in [-0.2, -0.15) is 0 Å². The van der Waals surface area contributed by atoms with Crippen LogP contribution in [-0.2, 0) is 6.54 Å². The molecule has 21 heavy (non-hydrogen) atoms. The number of nitrogens with zero attached hydrogens (tertiary/aromatic N) is 1. The first kappa shape index (κ1) is 14.3. The minimum atomic E-state index is 0.443. The third kappa shape index (κ3) is 3.93. The molecule has 1 fully saturated rings. The van der Waals surface area contributed by atoms with Crippen LogP contribution in [0, 0.1) is 6.92 Å². The fourth-order valence-electron chi connectivity index (χ4n) is 3.11. The Labute approximate surface area is 127 Å². The minimum absolute atomic E-state index is 0.443. The summed E-state index contributed by atoms with van der Waals surface area (Å²) in [6.07, 6.45) is 1.22. The van der Waals surface area contributed by atoms with E-state index < -0.39 is 0 Å². The molecule has 0 saturated carbocycles. The van der Waals surface area contributed by atoms with Crippen LogP contribution in [0.15, 0.2) is 54.6 Å². The highest BCUT2D eigenvalue weighted by atomic mass is 15.2. The van der Waals surface area contributed by atoms with E-state index in [0.717, 1.165) is 19.6 Å². The summed E-state index contributed by atoms with van der Waals surface area (Å²) < 4.78 is 0. The Morgan fingerprint density at radius 2 is 1.95 bits per heavy atom. The summed E-state index contributed by atoms with van der Waals surface area (Å²) in [4.78, 5) is 2.58. The topological polar surface area (TPSA) is 15.3 Å². The number of hydrogen-bond donors (Lipinski definition) is 1. The lowest BCUT2D eigenvalue weighted by atomic mass is 10.1. The van der Waals surface area contributed by atoms with Crippen molar-refractivity contribution in [1.82, 2.24) is 10.2 Å². The smallest absolute Gasteiger partial charge is 0.0449 e. The highest BCUT2D eigenvalue weighted by Gasteiger charge is 2.18. The van der Waals surface area contributed by atoms with Gasteiger partial charge in [-0.15, -0.1) is 0 Å². The highest BCUT2D eigenvalue weighted by molar-refractivity contribution is 5.23. The van der Waals surface area contributed by atoms with E-state index in [4.69, 9.17) is 0 Å². The molecule has 2 nitrogen and oxygen atoms in total. The van der Waals surface area contributed by atoms with Gasteiger partial charge < -0.3 is 5.32 Å². The Morgan fingerprint density at radius 1 is 1.10 bits per heavy atom. The van der Waals surface area contributed by atoms with E-state index in [9.17, 15) is 0 Å². The van der Waals surface area contributed by atoms with E-state index in [1.54, 1.807) is 0 Å². The normalized spacial score (nSPS) is 20.1. The van der Waals surface area contributed by atoms with Crippen molar-refractivity contribution in [3.63, 3.8) is 0 Å². The first-order valence-electron chi connectivity index (χ1n) is 7.87. The van der Waals surface area contributed by atoms with E-state index in [0.29, 0.717) is 6.04 Å². The summed E-state index contributed by atoms with van der Waals surface area (Å²) in [6, 6.07) is 20.1. The van der Waals surface area contributed by atoms with Crippen LogP contribution in [0.25, 0.3) is 0 Å². The summed E-state index contributed by atoms with van der Waals surface area (Å²) in [7, 11) is 0. The monoisotopic (exact) mass is 280 g/mol. The maximum absolute atomic E-state index is 3.68. The molecule has 0 bridgehead atoms. The molecule has 1 aliphatic rings. The third-order valence-corrected chi connectivity index (χ3v) is 4.17. The second-order valence-corrected chi connectivity index (χ2v) is 6.00. The second-order valence-electron chi connectivity index (χ2n) is 6.00. The Balaban J connectivity index is 1.70. The molecule has 1 atom stereocenters. The number of benzene rings is 2. The van der Waals surface area contributed by atoms with Crippen LogP contribution in [0.1, 0.15) is 29.2 Å². The molecule has 3 rings (SSSR count). The molecule has 2 heteroatoms. The Bertz CT molecular complexity index is 565. The molecule has 0 amide bonds. The van der Waals surface area contributed by atoms with Gasteiger partial charge in [0.2, 0.25) is 0 Å². The fraction of sp³-hybridized carbons (Fsp3) is 0.368. The second kappa shape index (κ2) is 6.88. The van der Waals surface area contributed by atoms with Crippen LogP contribution in [0.4, 0.5) is 0 Å². The SMILES string of the molecule is Cc1cccc(CN2CCCNC(c3ccccc3)C2)c1. The van der Waals surface area contributed by atoms with Gasteiger partial charge in [-0.05, 0) is 37.6 Å². The van der Waals surface area contributed by atoms with E-state index in [1.807, 2.05) is 0 Å². The molecular weight excluding hydrogens is 256 g/mol. The zero-order valence-corrected chi connectivity index (χ0v) is 12.8. The van der Waals surface area contributed by atoms with Gasteiger partial charge in [-0.3, -0.25) is 4.90 Å². The van der Waals surface area contributed by atoms with Crippen molar-refractivity contribution in [1.29, 1.82) is 0 Å². The van der Waals surface area contributed by atoms with Crippen molar-refractivity contribution in [2.24, 2.45) is 0 Å². The van der Waals surface area contributed by atoms with Crippen molar-refractivity contribution in [2.75, 3.05) is 19.6 Å². The average molecular weight is 280 g/mol. The Kier molecular flexibility index (Phi) is 4.69. The molecule has 1 saturated heterocycles. The van der Waals surface area contributed by atoms with Crippen LogP contribution in [0.5, 0.6) is 0 Å². The van der Waals surface area contributed by atoms with Gasteiger partial charge in [0.25, 0.3) is 0 Å². The van der Waals surface area contributed by atoms with Gasteiger partial charge in [0, 0.05) is 19.1 Å². The Morgan fingerprint density at radius 3 is 2.76 bits per heavy atom. The molecular formula is C19H24N2. The van der Waals surface area contributed by atoms with Gasteiger partial charge in [-0.1, -0.05) is 60.2 Å². The fourth-order valence-corrected chi connectivity index (χ4v) is 3.11. The van der Waals surface area contributed by atoms with Crippen molar-refractivity contribution in [3.8, 4) is 0 Å². The van der Waals surface area contributed by atoms with Crippen molar-refractivity contribution < 1.29 is 0 Å². The van der Waals surface area contributed by atoms with Crippen LogP contribution < -0.4 is 5.32 Å². The van der Waals surface area contributed by atoms with Crippen LogP contribution in [-0.4, -0.2) is 24.5 Å². The van der Waals surface area contributed by atoms with E-state index >= 15 is 0 Å². The van der Waals surface area contributed by atoms with Crippen molar-refractivity contribution in [3.05, 3.63) is 71.3 Å².